The number of nitrogens with zero attached hydrogens (tertiary/aromatic N) is 2. The summed E-state index contributed by atoms with van der Waals surface area (Å²) in [6.07, 6.45) is 0. The molecule has 0 atom stereocenters. The van der Waals surface area contributed by atoms with Crippen molar-refractivity contribution in [1.29, 1.82) is 0 Å². The first kappa shape index (κ1) is 12.4. The summed E-state index contributed by atoms with van der Waals surface area (Å²) in [6.45, 7) is 5.80. The molecule has 0 fully saturated rings. The third-order valence-electron chi connectivity index (χ3n) is 3.18. The zero-order valence-electron chi connectivity index (χ0n) is 11.0. The highest BCUT2D eigenvalue weighted by Crippen LogP contribution is 2.30. The molecule has 1 aromatic heterocycles. The van der Waals surface area contributed by atoms with Gasteiger partial charge in [-0.2, -0.15) is 5.10 Å². The van der Waals surface area contributed by atoms with E-state index in [1.54, 1.807) is 10.7 Å². The molecule has 94 valence electrons. The Balaban J connectivity index is 2.77. The summed E-state index contributed by atoms with van der Waals surface area (Å²) in [5.74, 6) is -0.910. The minimum Gasteiger partial charge on any atom is -0.478 e. The third kappa shape index (κ3) is 1.90. The van der Waals surface area contributed by atoms with Gasteiger partial charge in [-0.15, -0.1) is 0 Å². The van der Waals surface area contributed by atoms with Gasteiger partial charge in [0.1, 0.15) is 0 Å². The fraction of sp³-hybridized carbons (Fsp3) is 0.286. The maximum Gasteiger partial charge on any atom is 0.336 e. The molecule has 0 bridgehead atoms. The van der Waals surface area contributed by atoms with Gasteiger partial charge < -0.3 is 5.11 Å². The van der Waals surface area contributed by atoms with E-state index < -0.39 is 5.97 Å². The summed E-state index contributed by atoms with van der Waals surface area (Å²) in [6, 6.07) is 5.37. The number of carboxylic acids is 1. The minimum atomic E-state index is -0.910. The SMILES string of the molecule is Cc1ccc(C(=O)O)c(-c2c(C)nn(C)c2C)c1. The number of aromatic carboxylic acids is 1. The van der Waals surface area contributed by atoms with Gasteiger partial charge in [0.2, 0.25) is 0 Å². The Morgan fingerprint density at radius 3 is 2.44 bits per heavy atom. The Kier molecular flexibility index (Phi) is 2.95. The van der Waals surface area contributed by atoms with Crippen LogP contribution in [0.5, 0.6) is 0 Å². The molecule has 2 rings (SSSR count). The Morgan fingerprint density at radius 1 is 1.28 bits per heavy atom. The van der Waals surface area contributed by atoms with Crippen LogP contribution in [0.15, 0.2) is 18.2 Å². The summed E-state index contributed by atoms with van der Waals surface area (Å²) in [4.78, 5) is 11.3. The van der Waals surface area contributed by atoms with Crippen molar-refractivity contribution in [2.75, 3.05) is 0 Å². The number of hydrogen-bond donors (Lipinski definition) is 1. The molecule has 4 heteroatoms. The highest BCUT2D eigenvalue weighted by Gasteiger charge is 2.18. The van der Waals surface area contributed by atoms with E-state index in [2.05, 4.69) is 5.10 Å². The number of carbonyl (C=O) groups is 1. The zero-order valence-corrected chi connectivity index (χ0v) is 11.0. The number of aromatic nitrogens is 2. The standard InChI is InChI=1S/C14H16N2O2/c1-8-5-6-11(14(17)18)12(7-8)13-9(2)15-16(4)10(13)3/h5-7H,1-4H3,(H,17,18). The lowest BCUT2D eigenvalue weighted by Crippen LogP contribution is -2.01. The molecule has 0 amide bonds. The van der Waals surface area contributed by atoms with Crippen molar-refractivity contribution >= 4 is 5.97 Å². The summed E-state index contributed by atoms with van der Waals surface area (Å²) in [7, 11) is 1.86. The van der Waals surface area contributed by atoms with E-state index in [0.29, 0.717) is 5.56 Å². The van der Waals surface area contributed by atoms with Crippen LogP contribution in [-0.4, -0.2) is 20.9 Å². The molecule has 4 nitrogen and oxygen atoms in total. The Labute approximate surface area is 106 Å². The van der Waals surface area contributed by atoms with Crippen LogP contribution in [0.25, 0.3) is 11.1 Å². The van der Waals surface area contributed by atoms with Crippen molar-refractivity contribution in [3.63, 3.8) is 0 Å². The Morgan fingerprint density at radius 2 is 1.94 bits per heavy atom. The van der Waals surface area contributed by atoms with Crippen molar-refractivity contribution in [2.24, 2.45) is 7.05 Å². The number of rotatable bonds is 2. The lowest BCUT2D eigenvalue weighted by molar-refractivity contribution is 0.0698. The first-order valence-corrected chi connectivity index (χ1v) is 5.76. The smallest absolute Gasteiger partial charge is 0.336 e. The van der Waals surface area contributed by atoms with Crippen molar-refractivity contribution < 1.29 is 9.90 Å². The Bertz CT molecular complexity index is 627. The van der Waals surface area contributed by atoms with Crippen LogP contribution in [-0.2, 0) is 7.05 Å². The lowest BCUT2D eigenvalue weighted by Gasteiger charge is -2.08. The zero-order chi connectivity index (χ0) is 13.4. The normalized spacial score (nSPS) is 10.7. The van der Waals surface area contributed by atoms with Crippen LogP contribution < -0.4 is 0 Å². The van der Waals surface area contributed by atoms with Gasteiger partial charge in [0, 0.05) is 23.9 Å². The molecule has 0 saturated carbocycles. The average molecular weight is 244 g/mol. The van der Waals surface area contributed by atoms with Gasteiger partial charge in [-0.1, -0.05) is 17.7 Å². The molecule has 1 aromatic carbocycles. The maximum atomic E-state index is 11.3. The second-order valence-electron chi connectivity index (χ2n) is 4.52. The topological polar surface area (TPSA) is 55.1 Å². The predicted octanol–water partition coefficient (Wildman–Crippen LogP) is 2.71. The van der Waals surface area contributed by atoms with Crippen LogP contribution in [0, 0.1) is 20.8 Å². The number of hydrogen-bond acceptors (Lipinski definition) is 2. The van der Waals surface area contributed by atoms with E-state index in [-0.39, 0.29) is 0 Å². The van der Waals surface area contributed by atoms with Gasteiger partial charge in [0.05, 0.1) is 11.3 Å². The Hall–Kier alpha value is -2.10. The van der Waals surface area contributed by atoms with E-state index in [4.69, 9.17) is 0 Å². The van der Waals surface area contributed by atoms with Crippen molar-refractivity contribution in [1.82, 2.24) is 9.78 Å². The molecule has 1 heterocycles. The summed E-state index contributed by atoms with van der Waals surface area (Å²) in [5.41, 5.74) is 4.84. The van der Waals surface area contributed by atoms with E-state index in [9.17, 15) is 9.90 Å². The minimum absolute atomic E-state index is 0.319. The second-order valence-corrected chi connectivity index (χ2v) is 4.52. The predicted molar refractivity (Wildman–Crippen MR) is 69.8 cm³/mol. The van der Waals surface area contributed by atoms with Gasteiger partial charge in [-0.3, -0.25) is 4.68 Å². The lowest BCUT2D eigenvalue weighted by atomic mass is 9.96. The second kappa shape index (κ2) is 4.29. The highest BCUT2D eigenvalue weighted by atomic mass is 16.4. The molecular formula is C14H16N2O2. The molecule has 0 aliphatic rings. The van der Waals surface area contributed by atoms with Crippen molar-refractivity contribution in [2.45, 2.75) is 20.8 Å². The first-order valence-electron chi connectivity index (χ1n) is 5.76. The van der Waals surface area contributed by atoms with Crippen LogP contribution >= 0.6 is 0 Å². The number of aryl methyl sites for hydroxylation is 3. The molecule has 0 spiro atoms. The number of benzene rings is 1. The summed E-state index contributed by atoms with van der Waals surface area (Å²) in [5, 5.41) is 13.6. The van der Waals surface area contributed by atoms with Gasteiger partial charge in [0.15, 0.2) is 0 Å². The van der Waals surface area contributed by atoms with Crippen LogP contribution in [0.3, 0.4) is 0 Å². The average Bonchev–Trinajstić information content (AvgIpc) is 2.52. The maximum absolute atomic E-state index is 11.3. The molecule has 0 radical (unpaired) electrons. The molecule has 0 saturated heterocycles. The van der Waals surface area contributed by atoms with Gasteiger partial charge in [-0.25, -0.2) is 4.79 Å². The van der Waals surface area contributed by atoms with Gasteiger partial charge in [-0.05, 0) is 26.8 Å². The van der Waals surface area contributed by atoms with Crippen LogP contribution in [0.4, 0.5) is 0 Å². The third-order valence-corrected chi connectivity index (χ3v) is 3.18. The van der Waals surface area contributed by atoms with Gasteiger partial charge >= 0.3 is 5.97 Å². The molecule has 0 unspecified atom stereocenters. The van der Waals surface area contributed by atoms with E-state index in [1.807, 2.05) is 40.0 Å². The van der Waals surface area contributed by atoms with Crippen molar-refractivity contribution in [3.8, 4) is 11.1 Å². The van der Waals surface area contributed by atoms with E-state index in [1.165, 1.54) is 0 Å². The van der Waals surface area contributed by atoms with Crippen LogP contribution in [0.1, 0.15) is 27.3 Å². The van der Waals surface area contributed by atoms with Crippen molar-refractivity contribution in [3.05, 3.63) is 40.7 Å². The number of carboxylic acid groups (broad SMARTS) is 1. The first-order chi connectivity index (χ1) is 8.41. The largest absolute Gasteiger partial charge is 0.478 e. The molecule has 1 N–H and O–H groups in total. The molecule has 0 aliphatic heterocycles. The molecule has 18 heavy (non-hydrogen) atoms. The van der Waals surface area contributed by atoms with Crippen LogP contribution in [0.2, 0.25) is 0 Å². The fourth-order valence-electron chi connectivity index (χ4n) is 2.21. The van der Waals surface area contributed by atoms with Gasteiger partial charge in [0.25, 0.3) is 0 Å². The quantitative estimate of drug-likeness (QED) is 0.883. The molecule has 0 aliphatic carbocycles. The van der Waals surface area contributed by atoms with E-state index >= 15 is 0 Å². The monoisotopic (exact) mass is 244 g/mol. The van der Waals surface area contributed by atoms with E-state index in [0.717, 1.165) is 28.1 Å². The highest BCUT2D eigenvalue weighted by molar-refractivity contribution is 5.96. The fourth-order valence-corrected chi connectivity index (χ4v) is 2.21. The molecular weight excluding hydrogens is 228 g/mol. The summed E-state index contributed by atoms with van der Waals surface area (Å²) < 4.78 is 1.78. The summed E-state index contributed by atoms with van der Waals surface area (Å²) >= 11 is 0. The molecule has 2 aromatic rings.